The molecule has 0 aromatic heterocycles. The van der Waals surface area contributed by atoms with Crippen LogP contribution in [0.15, 0.2) is 48.5 Å². The molecule has 0 heterocycles. The number of halogens is 1. The van der Waals surface area contributed by atoms with Gasteiger partial charge in [0.1, 0.15) is 12.4 Å². The van der Waals surface area contributed by atoms with Gasteiger partial charge >= 0.3 is 0 Å². The molecule has 0 aliphatic heterocycles. The second-order valence-corrected chi connectivity index (χ2v) is 10.3. The number of ether oxygens (including phenoxy) is 3. The molecule has 3 aromatic rings. The minimum absolute atomic E-state index is 0.277. The zero-order chi connectivity index (χ0) is 28.6. The number of phenols is 1. The van der Waals surface area contributed by atoms with Crippen LogP contribution in [0.3, 0.4) is 0 Å². The van der Waals surface area contributed by atoms with Gasteiger partial charge in [0.25, 0.3) is 0 Å². The number of likely N-dealkylation sites (N-methyl/N-ethyl adjacent to an activating group) is 1. The summed E-state index contributed by atoms with van der Waals surface area (Å²) in [4.78, 5) is 4.51. The van der Waals surface area contributed by atoms with Crippen molar-refractivity contribution in [1.82, 2.24) is 4.90 Å². The number of benzene rings is 3. The third-order valence-electron chi connectivity index (χ3n) is 8.04. The van der Waals surface area contributed by atoms with Crippen molar-refractivity contribution in [1.29, 1.82) is 0 Å². The van der Waals surface area contributed by atoms with E-state index in [-0.39, 0.29) is 17.5 Å². The Bertz CT molecular complexity index is 1280. The smallest absolute Gasteiger partial charge is 0.165 e. The van der Waals surface area contributed by atoms with Crippen LogP contribution < -0.4 is 19.1 Å². The van der Waals surface area contributed by atoms with Crippen molar-refractivity contribution >= 4 is 5.69 Å². The van der Waals surface area contributed by atoms with E-state index in [0.29, 0.717) is 30.4 Å². The van der Waals surface area contributed by atoms with Crippen LogP contribution in [-0.4, -0.2) is 57.0 Å². The van der Waals surface area contributed by atoms with Crippen molar-refractivity contribution in [2.45, 2.75) is 52.5 Å². The van der Waals surface area contributed by atoms with E-state index in [9.17, 15) is 5.11 Å². The summed E-state index contributed by atoms with van der Waals surface area (Å²) in [5, 5.41) is 9.93. The molecular weight excluding hydrogens is 507 g/mol. The Balaban J connectivity index is 1.59. The van der Waals surface area contributed by atoms with E-state index in [0.717, 1.165) is 56.7 Å². The van der Waals surface area contributed by atoms with Crippen LogP contribution in [0.1, 0.15) is 55.4 Å². The molecule has 4 rings (SSSR count). The highest BCUT2D eigenvalue weighted by atomic mass is 19.1. The van der Waals surface area contributed by atoms with E-state index in [1.165, 1.54) is 16.7 Å². The van der Waals surface area contributed by atoms with E-state index in [1.807, 2.05) is 24.3 Å². The van der Waals surface area contributed by atoms with E-state index >= 15 is 4.39 Å². The number of aryl methyl sites for hydroxylation is 1. The molecule has 0 bridgehead atoms. The van der Waals surface area contributed by atoms with Gasteiger partial charge in [-0.3, -0.25) is 0 Å². The Morgan fingerprint density at radius 2 is 1.62 bits per heavy atom. The van der Waals surface area contributed by atoms with Crippen molar-refractivity contribution in [3.05, 3.63) is 76.6 Å². The molecule has 0 saturated heterocycles. The number of nitrogens with zero attached hydrogens (tertiary/aromatic N) is 2. The van der Waals surface area contributed by atoms with E-state index in [4.69, 9.17) is 14.2 Å². The van der Waals surface area contributed by atoms with Crippen LogP contribution in [0.2, 0.25) is 0 Å². The maximum Gasteiger partial charge on any atom is 0.165 e. The fourth-order valence-corrected chi connectivity index (χ4v) is 5.66. The summed E-state index contributed by atoms with van der Waals surface area (Å²) < 4.78 is 32.2. The first kappa shape index (κ1) is 29.5. The monoisotopic (exact) mass is 550 g/mol. The number of fused-ring (bicyclic) bond motifs is 1. The highest BCUT2D eigenvalue weighted by Gasteiger charge is 2.26. The Morgan fingerprint density at radius 1 is 0.875 bits per heavy atom. The predicted molar refractivity (Wildman–Crippen MR) is 159 cm³/mol. The highest BCUT2D eigenvalue weighted by molar-refractivity contribution is 5.64. The van der Waals surface area contributed by atoms with Crippen molar-refractivity contribution in [3.8, 4) is 23.0 Å². The van der Waals surface area contributed by atoms with Crippen LogP contribution in [-0.2, 0) is 19.4 Å². The number of hydrogen-bond donors (Lipinski definition) is 1. The van der Waals surface area contributed by atoms with Crippen LogP contribution in [0.25, 0.3) is 0 Å². The van der Waals surface area contributed by atoms with Gasteiger partial charge in [-0.2, -0.15) is 0 Å². The van der Waals surface area contributed by atoms with Gasteiger partial charge in [-0.15, -0.1) is 0 Å². The van der Waals surface area contributed by atoms with Gasteiger partial charge in [0.05, 0.1) is 14.2 Å². The lowest BCUT2D eigenvalue weighted by Crippen LogP contribution is -2.28. The largest absolute Gasteiger partial charge is 0.508 e. The van der Waals surface area contributed by atoms with Crippen molar-refractivity contribution in [2.24, 2.45) is 0 Å². The van der Waals surface area contributed by atoms with Crippen molar-refractivity contribution in [3.63, 3.8) is 0 Å². The van der Waals surface area contributed by atoms with Gasteiger partial charge < -0.3 is 29.1 Å². The molecule has 6 nitrogen and oxygen atoms in total. The number of methoxy groups -OCH3 is 2. The van der Waals surface area contributed by atoms with Gasteiger partial charge in [-0.05, 0) is 97.8 Å². The summed E-state index contributed by atoms with van der Waals surface area (Å²) in [5.74, 6) is 1.91. The van der Waals surface area contributed by atoms with Crippen LogP contribution in [0, 0.1) is 5.82 Å². The number of anilines is 1. The van der Waals surface area contributed by atoms with Crippen molar-refractivity contribution in [2.75, 3.05) is 51.9 Å². The van der Waals surface area contributed by atoms with Crippen LogP contribution >= 0.6 is 0 Å². The first-order chi connectivity index (χ1) is 19.4. The third-order valence-corrected chi connectivity index (χ3v) is 8.04. The molecule has 0 radical (unpaired) electrons. The summed E-state index contributed by atoms with van der Waals surface area (Å²) in [6.45, 7) is 10.7. The summed E-state index contributed by atoms with van der Waals surface area (Å²) in [5.41, 5.74) is 5.60. The first-order valence-corrected chi connectivity index (χ1v) is 14.4. The fourth-order valence-electron chi connectivity index (χ4n) is 5.66. The van der Waals surface area contributed by atoms with Gasteiger partial charge in [0.2, 0.25) is 0 Å². The lowest BCUT2D eigenvalue weighted by molar-refractivity contribution is 0.217. The van der Waals surface area contributed by atoms with E-state index in [1.54, 1.807) is 32.4 Å². The number of rotatable bonds is 13. The normalized spacial score (nSPS) is 14.6. The Hall–Kier alpha value is -3.45. The number of phenolic OH excluding ortho intramolecular Hbond substituents is 1. The maximum absolute atomic E-state index is 15.0. The quantitative estimate of drug-likeness (QED) is 0.260. The third kappa shape index (κ3) is 6.81. The minimum Gasteiger partial charge on any atom is -0.508 e. The van der Waals surface area contributed by atoms with Crippen LogP contribution in [0.4, 0.5) is 10.1 Å². The summed E-state index contributed by atoms with van der Waals surface area (Å²) in [6.07, 6.45) is 2.74. The fraction of sp³-hybridized carbons (Fsp3) is 0.455. The zero-order valence-electron chi connectivity index (χ0n) is 24.5. The molecular formula is C33H43FN2O4. The van der Waals surface area contributed by atoms with Gasteiger partial charge in [-0.25, -0.2) is 4.39 Å². The molecule has 0 spiro atoms. The molecule has 216 valence electrons. The number of aromatic hydroxyl groups is 1. The summed E-state index contributed by atoms with van der Waals surface area (Å²) in [7, 11) is 3.31. The lowest BCUT2D eigenvalue weighted by Gasteiger charge is -2.32. The Labute approximate surface area is 238 Å². The first-order valence-electron chi connectivity index (χ1n) is 14.4. The molecule has 1 atom stereocenters. The second-order valence-electron chi connectivity index (χ2n) is 10.3. The predicted octanol–water partition coefficient (Wildman–Crippen LogP) is 6.57. The molecule has 0 fully saturated rings. The second kappa shape index (κ2) is 13.8. The van der Waals surface area contributed by atoms with E-state index < -0.39 is 0 Å². The molecule has 3 aromatic carbocycles. The zero-order valence-corrected chi connectivity index (χ0v) is 24.5. The highest BCUT2D eigenvalue weighted by Crippen LogP contribution is 2.43. The molecule has 1 aliphatic rings. The Morgan fingerprint density at radius 3 is 2.30 bits per heavy atom. The molecule has 0 unspecified atom stereocenters. The topological polar surface area (TPSA) is 54.4 Å². The standard InChI is InChI=1S/C33H43FN2O4/c1-6-35(7-2)15-16-40-31-14-9-23(17-29(31)34)22-36(8-3)30-21-33(39-5)32(38-4)20-28(30)26-11-10-25-19-27(37)13-12-24(25)18-26/h9,12-14,17,19-21,26,37H,6-8,10-11,15-16,18,22H2,1-5H3/t26-/m1/s1. The average Bonchev–Trinajstić information content (AvgIpc) is 2.98. The Kier molecular flexibility index (Phi) is 10.2. The summed E-state index contributed by atoms with van der Waals surface area (Å²) >= 11 is 0. The van der Waals surface area contributed by atoms with Gasteiger partial charge in [0, 0.05) is 31.4 Å². The van der Waals surface area contributed by atoms with Gasteiger partial charge in [0.15, 0.2) is 23.1 Å². The SMILES string of the molecule is CCN(CC)CCOc1ccc(CN(CC)c2cc(OC)c(OC)cc2[C@@H]2CCc3cc(O)ccc3C2)cc1F. The number of hydrogen-bond acceptors (Lipinski definition) is 6. The minimum atomic E-state index is -0.340. The molecule has 1 aliphatic carbocycles. The molecule has 0 saturated carbocycles. The molecule has 1 N–H and O–H groups in total. The average molecular weight is 551 g/mol. The van der Waals surface area contributed by atoms with E-state index in [2.05, 4.69) is 36.6 Å². The molecule has 40 heavy (non-hydrogen) atoms. The molecule has 7 heteroatoms. The maximum atomic E-state index is 15.0. The van der Waals surface area contributed by atoms with Crippen molar-refractivity contribution < 1.29 is 23.7 Å². The molecule has 0 amide bonds. The van der Waals surface area contributed by atoms with Crippen LogP contribution in [0.5, 0.6) is 23.0 Å². The van der Waals surface area contributed by atoms with Gasteiger partial charge in [-0.1, -0.05) is 26.0 Å². The summed E-state index contributed by atoms with van der Waals surface area (Å²) in [6, 6.07) is 15.1. The lowest BCUT2D eigenvalue weighted by atomic mass is 9.79.